The van der Waals surface area contributed by atoms with Gasteiger partial charge in [0, 0.05) is 31.6 Å². The van der Waals surface area contributed by atoms with Gasteiger partial charge in [-0.2, -0.15) is 0 Å². The van der Waals surface area contributed by atoms with Crippen LogP contribution in [0, 0.1) is 0 Å². The number of carbonyl (C=O) groups is 1. The van der Waals surface area contributed by atoms with Crippen molar-refractivity contribution in [3.63, 3.8) is 0 Å². The van der Waals surface area contributed by atoms with Crippen LogP contribution in [0.3, 0.4) is 0 Å². The Morgan fingerprint density at radius 1 is 1.19 bits per heavy atom. The Labute approximate surface area is 159 Å². The van der Waals surface area contributed by atoms with Crippen LogP contribution in [0.5, 0.6) is 0 Å². The van der Waals surface area contributed by atoms with Crippen LogP contribution in [0.1, 0.15) is 61.5 Å². The molecular weight excluding hydrogens is 346 g/mol. The minimum absolute atomic E-state index is 0.237. The number of aliphatic imine (C=N–C) groups is 1. The third kappa shape index (κ3) is 6.47. The van der Waals surface area contributed by atoms with E-state index in [4.69, 9.17) is 8.94 Å². The van der Waals surface area contributed by atoms with Crippen molar-refractivity contribution in [1.82, 2.24) is 21.1 Å². The van der Waals surface area contributed by atoms with Gasteiger partial charge in [-0.25, -0.2) is 4.99 Å². The summed E-state index contributed by atoms with van der Waals surface area (Å²) in [7, 11) is 0. The van der Waals surface area contributed by atoms with Gasteiger partial charge < -0.3 is 24.9 Å². The Morgan fingerprint density at radius 3 is 2.63 bits per heavy atom. The van der Waals surface area contributed by atoms with Gasteiger partial charge in [-0.3, -0.25) is 4.79 Å². The van der Waals surface area contributed by atoms with Crippen LogP contribution in [-0.4, -0.2) is 36.7 Å². The lowest BCUT2D eigenvalue weighted by Gasteiger charge is -2.11. The first kappa shape index (κ1) is 20.5. The van der Waals surface area contributed by atoms with E-state index in [1.807, 2.05) is 13.0 Å². The maximum Gasteiger partial charge on any atom is 0.287 e. The highest BCUT2D eigenvalue weighted by Crippen LogP contribution is 2.22. The molecule has 27 heavy (non-hydrogen) atoms. The van der Waals surface area contributed by atoms with Crippen LogP contribution in [0.25, 0.3) is 0 Å². The Bertz CT molecular complexity index is 705. The van der Waals surface area contributed by atoms with Crippen LogP contribution >= 0.6 is 0 Å². The molecule has 0 aliphatic rings. The zero-order chi connectivity index (χ0) is 19.5. The van der Waals surface area contributed by atoms with Gasteiger partial charge in [-0.05, 0) is 31.9 Å². The number of rotatable bonds is 10. The SMILES string of the molecule is CCNC(=NCc1cc(C(CC)CC)no1)NCCNC(=O)c1ccco1. The highest BCUT2D eigenvalue weighted by Gasteiger charge is 2.13. The van der Waals surface area contributed by atoms with Gasteiger partial charge in [0.1, 0.15) is 6.54 Å². The van der Waals surface area contributed by atoms with Crippen molar-refractivity contribution in [3.05, 3.63) is 41.7 Å². The van der Waals surface area contributed by atoms with Gasteiger partial charge in [0.05, 0.1) is 12.0 Å². The molecule has 1 amide bonds. The van der Waals surface area contributed by atoms with Crippen molar-refractivity contribution in [2.24, 2.45) is 4.99 Å². The number of nitrogens with one attached hydrogen (secondary N) is 3. The van der Waals surface area contributed by atoms with E-state index in [0.29, 0.717) is 37.3 Å². The van der Waals surface area contributed by atoms with Gasteiger partial charge in [0.25, 0.3) is 5.91 Å². The molecule has 0 atom stereocenters. The van der Waals surface area contributed by atoms with E-state index >= 15 is 0 Å². The van der Waals surface area contributed by atoms with Crippen molar-refractivity contribution in [2.45, 2.75) is 46.1 Å². The average Bonchev–Trinajstić information content (AvgIpc) is 3.36. The zero-order valence-electron chi connectivity index (χ0n) is 16.2. The molecule has 0 aromatic carbocycles. The molecule has 2 rings (SSSR count). The van der Waals surface area contributed by atoms with Gasteiger partial charge in [-0.15, -0.1) is 0 Å². The molecule has 0 fully saturated rings. The predicted molar refractivity (Wildman–Crippen MR) is 104 cm³/mol. The predicted octanol–water partition coefficient (Wildman–Crippen LogP) is 2.66. The van der Waals surface area contributed by atoms with Crippen LogP contribution in [0.2, 0.25) is 0 Å². The number of carbonyl (C=O) groups excluding carboxylic acids is 1. The van der Waals surface area contributed by atoms with E-state index in [0.717, 1.165) is 30.8 Å². The third-order valence-corrected chi connectivity index (χ3v) is 4.17. The molecule has 2 heterocycles. The molecule has 148 valence electrons. The normalized spacial score (nSPS) is 11.6. The number of nitrogens with zero attached hydrogens (tertiary/aromatic N) is 2. The summed E-state index contributed by atoms with van der Waals surface area (Å²) in [5, 5.41) is 13.3. The molecule has 0 aliphatic heterocycles. The molecule has 0 spiro atoms. The highest BCUT2D eigenvalue weighted by molar-refractivity contribution is 5.91. The molecule has 0 saturated heterocycles. The standard InChI is InChI=1S/C19H29N5O3/c1-4-14(5-2)16-12-15(27-24-16)13-23-19(20-6-3)22-10-9-21-18(25)17-8-7-11-26-17/h7-8,11-12,14H,4-6,9-10,13H2,1-3H3,(H,21,25)(H2,20,22,23). The molecule has 0 unspecified atom stereocenters. The first-order valence-electron chi connectivity index (χ1n) is 9.47. The Balaban J connectivity index is 1.80. The Morgan fingerprint density at radius 2 is 1.96 bits per heavy atom. The lowest BCUT2D eigenvalue weighted by Crippen LogP contribution is -2.41. The van der Waals surface area contributed by atoms with Crippen molar-refractivity contribution < 1.29 is 13.7 Å². The summed E-state index contributed by atoms with van der Waals surface area (Å²) in [6.07, 6.45) is 3.56. The molecule has 3 N–H and O–H groups in total. The molecule has 0 radical (unpaired) electrons. The first-order valence-corrected chi connectivity index (χ1v) is 9.47. The van der Waals surface area contributed by atoms with Crippen LogP contribution in [-0.2, 0) is 6.54 Å². The van der Waals surface area contributed by atoms with E-state index in [1.165, 1.54) is 6.26 Å². The number of hydrogen-bond acceptors (Lipinski definition) is 5. The monoisotopic (exact) mass is 375 g/mol. The number of guanidine groups is 1. The van der Waals surface area contributed by atoms with E-state index in [2.05, 4.69) is 39.9 Å². The second-order valence-corrected chi connectivity index (χ2v) is 6.09. The fourth-order valence-electron chi connectivity index (χ4n) is 2.65. The molecule has 0 saturated carbocycles. The third-order valence-electron chi connectivity index (χ3n) is 4.17. The van der Waals surface area contributed by atoms with E-state index < -0.39 is 0 Å². The molecule has 2 aromatic rings. The zero-order valence-corrected chi connectivity index (χ0v) is 16.2. The summed E-state index contributed by atoms with van der Waals surface area (Å²) in [5.41, 5.74) is 0.990. The lowest BCUT2D eigenvalue weighted by atomic mass is 9.99. The fourth-order valence-corrected chi connectivity index (χ4v) is 2.65. The summed E-state index contributed by atoms with van der Waals surface area (Å²) in [6.45, 7) is 8.42. The topological polar surface area (TPSA) is 105 Å². The number of aromatic nitrogens is 1. The van der Waals surface area contributed by atoms with Gasteiger partial charge in [0.2, 0.25) is 0 Å². The number of hydrogen-bond donors (Lipinski definition) is 3. The summed E-state index contributed by atoms with van der Waals surface area (Å²) in [6, 6.07) is 5.29. The Hall–Kier alpha value is -2.77. The van der Waals surface area contributed by atoms with Crippen molar-refractivity contribution >= 4 is 11.9 Å². The van der Waals surface area contributed by atoms with Gasteiger partial charge in [0.15, 0.2) is 17.5 Å². The molecule has 8 nitrogen and oxygen atoms in total. The minimum Gasteiger partial charge on any atom is -0.459 e. The van der Waals surface area contributed by atoms with E-state index in [1.54, 1.807) is 12.1 Å². The van der Waals surface area contributed by atoms with Crippen LogP contribution in [0.4, 0.5) is 0 Å². The van der Waals surface area contributed by atoms with Crippen LogP contribution < -0.4 is 16.0 Å². The fraction of sp³-hybridized carbons (Fsp3) is 0.526. The molecule has 0 bridgehead atoms. The maximum atomic E-state index is 11.8. The summed E-state index contributed by atoms with van der Waals surface area (Å²) in [5.74, 6) is 1.88. The van der Waals surface area contributed by atoms with Gasteiger partial charge >= 0.3 is 0 Å². The largest absolute Gasteiger partial charge is 0.459 e. The van der Waals surface area contributed by atoms with Crippen molar-refractivity contribution in [3.8, 4) is 0 Å². The van der Waals surface area contributed by atoms with Crippen molar-refractivity contribution in [2.75, 3.05) is 19.6 Å². The average molecular weight is 375 g/mol. The lowest BCUT2D eigenvalue weighted by molar-refractivity contribution is 0.0926. The second-order valence-electron chi connectivity index (χ2n) is 6.09. The smallest absolute Gasteiger partial charge is 0.287 e. The van der Waals surface area contributed by atoms with E-state index in [9.17, 15) is 4.79 Å². The van der Waals surface area contributed by atoms with Crippen molar-refractivity contribution in [1.29, 1.82) is 0 Å². The molecule has 8 heteroatoms. The van der Waals surface area contributed by atoms with Crippen LogP contribution in [0.15, 0.2) is 38.4 Å². The first-order chi connectivity index (χ1) is 13.2. The summed E-state index contributed by atoms with van der Waals surface area (Å²) in [4.78, 5) is 16.3. The maximum absolute atomic E-state index is 11.8. The quantitative estimate of drug-likeness (QED) is 0.335. The number of furan rings is 1. The van der Waals surface area contributed by atoms with Gasteiger partial charge in [-0.1, -0.05) is 19.0 Å². The second kappa shape index (κ2) is 11.1. The molecular formula is C19H29N5O3. The molecule has 2 aromatic heterocycles. The minimum atomic E-state index is -0.237. The van der Waals surface area contributed by atoms with E-state index in [-0.39, 0.29) is 5.91 Å². The number of amides is 1. The summed E-state index contributed by atoms with van der Waals surface area (Å²) >= 11 is 0. The molecule has 0 aliphatic carbocycles. The Kier molecular flexibility index (Phi) is 8.41. The summed E-state index contributed by atoms with van der Waals surface area (Å²) < 4.78 is 10.4. The highest BCUT2D eigenvalue weighted by atomic mass is 16.5.